The van der Waals surface area contributed by atoms with Crippen molar-refractivity contribution in [1.29, 1.82) is 0 Å². The lowest BCUT2D eigenvalue weighted by atomic mass is 9.95. The molecule has 0 spiro atoms. The molecule has 1 N–H and O–H groups in total. The first-order valence-electron chi connectivity index (χ1n) is 9.26. The molecule has 29 heavy (non-hydrogen) atoms. The van der Waals surface area contributed by atoms with Crippen LogP contribution in [0.5, 0.6) is 5.75 Å². The number of likely N-dealkylation sites (tertiary alicyclic amines) is 1. The van der Waals surface area contributed by atoms with E-state index in [0.717, 1.165) is 12.1 Å². The Labute approximate surface area is 166 Å². The summed E-state index contributed by atoms with van der Waals surface area (Å²) < 4.78 is 43.8. The molecule has 0 atom stereocenters. The quantitative estimate of drug-likeness (QED) is 0.818. The lowest BCUT2D eigenvalue weighted by molar-refractivity contribution is -0.137. The minimum Gasteiger partial charge on any atom is -0.484 e. The normalized spacial score (nSPS) is 15.1. The third-order valence-corrected chi connectivity index (χ3v) is 4.78. The van der Waals surface area contributed by atoms with E-state index in [2.05, 4.69) is 5.32 Å². The van der Waals surface area contributed by atoms with Crippen LogP contribution in [0.2, 0.25) is 0 Å². The zero-order valence-electron chi connectivity index (χ0n) is 15.6. The number of nitrogens with zero attached hydrogens (tertiary/aromatic N) is 1. The summed E-state index contributed by atoms with van der Waals surface area (Å²) >= 11 is 0. The lowest BCUT2D eigenvalue weighted by Gasteiger charge is -2.31. The van der Waals surface area contributed by atoms with Crippen molar-refractivity contribution in [3.8, 4) is 5.75 Å². The van der Waals surface area contributed by atoms with Crippen molar-refractivity contribution in [1.82, 2.24) is 4.90 Å². The van der Waals surface area contributed by atoms with Crippen LogP contribution in [0.25, 0.3) is 0 Å². The summed E-state index contributed by atoms with van der Waals surface area (Å²) in [4.78, 5) is 26.3. The maximum absolute atomic E-state index is 12.8. The van der Waals surface area contributed by atoms with Crippen LogP contribution in [0.15, 0.2) is 54.6 Å². The van der Waals surface area contributed by atoms with Crippen LogP contribution in [-0.4, -0.2) is 36.4 Å². The van der Waals surface area contributed by atoms with Gasteiger partial charge >= 0.3 is 6.18 Å². The van der Waals surface area contributed by atoms with Crippen LogP contribution in [0.3, 0.4) is 0 Å². The van der Waals surface area contributed by atoms with Crippen LogP contribution < -0.4 is 10.1 Å². The number of para-hydroxylation sites is 1. The van der Waals surface area contributed by atoms with E-state index < -0.39 is 11.7 Å². The molecule has 1 saturated heterocycles. The zero-order chi connectivity index (χ0) is 20.9. The Bertz CT molecular complexity index is 848. The van der Waals surface area contributed by atoms with E-state index in [9.17, 15) is 22.8 Å². The summed E-state index contributed by atoms with van der Waals surface area (Å²) in [5.74, 6) is -0.248. The minimum atomic E-state index is -4.46. The fraction of sp³-hybridized carbons (Fsp3) is 0.333. The van der Waals surface area contributed by atoms with Crippen LogP contribution in [0, 0.1) is 5.92 Å². The minimum absolute atomic E-state index is 0.0783. The van der Waals surface area contributed by atoms with Crippen molar-refractivity contribution in [3.05, 3.63) is 60.2 Å². The number of anilines is 1. The van der Waals surface area contributed by atoms with Crippen molar-refractivity contribution >= 4 is 17.5 Å². The van der Waals surface area contributed by atoms with Crippen LogP contribution in [-0.2, 0) is 15.8 Å². The molecule has 1 aliphatic heterocycles. The van der Waals surface area contributed by atoms with Gasteiger partial charge in [0.1, 0.15) is 5.75 Å². The molecule has 0 aliphatic carbocycles. The van der Waals surface area contributed by atoms with E-state index in [-0.39, 0.29) is 30.0 Å². The molecule has 0 radical (unpaired) electrons. The van der Waals surface area contributed by atoms with Gasteiger partial charge in [0.15, 0.2) is 6.61 Å². The first kappa shape index (κ1) is 20.7. The van der Waals surface area contributed by atoms with Gasteiger partial charge in [-0.15, -0.1) is 0 Å². The predicted octanol–water partition coefficient (Wildman–Crippen LogP) is 3.96. The highest BCUT2D eigenvalue weighted by Gasteiger charge is 2.31. The number of benzene rings is 2. The number of carbonyl (C=O) groups excluding carboxylic acids is 2. The molecule has 0 bridgehead atoms. The van der Waals surface area contributed by atoms with Gasteiger partial charge in [-0.25, -0.2) is 0 Å². The number of amides is 2. The predicted molar refractivity (Wildman–Crippen MR) is 101 cm³/mol. The maximum atomic E-state index is 12.8. The van der Waals surface area contributed by atoms with Gasteiger partial charge in [0.2, 0.25) is 5.91 Å². The number of hydrogen-bond donors (Lipinski definition) is 1. The van der Waals surface area contributed by atoms with Crippen molar-refractivity contribution in [2.75, 3.05) is 25.0 Å². The van der Waals surface area contributed by atoms with Crippen LogP contribution >= 0.6 is 0 Å². The van der Waals surface area contributed by atoms with Crippen LogP contribution in [0.4, 0.5) is 18.9 Å². The smallest absolute Gasteiger partial charge is 0.416 e. The molecule has 2 aromatic rings. The molecular formula is C21H21F3N2O3. The zero-order valence-corrected chi connectivity index (χ0v) is 15.6. The van der Waals surface area contributed by atoms with Gasteiger partial charge in [-0.3, -0.25) is 9.59 Å². The van der Waals surface area contributed by atoms with E-state index >= 15 is 0 Å². The Hall–Kier alpha value is -3.03. The topological polar surface area (TPSA) is 58.6 Å². The Balaban J connectivity index is 1.47. The number of carbonyl (C=O) groups is 2. The summed E-state index contributed by atoms with van der Waals surface area (Å²) in [7, 11) is 0. The molecule has 0 aromatic heterocycles. The first-order chi connectivity index (χ1) is 13.8. The fourth-order valence-electron chi connectivity index (χ4n) is 3.16. The summed E-state index contributed by atoms with van der Waals surface area (Å²) in [5.41, 5.74) is -0.700. The molecule has 1 fully saturated rings. The Morgan fingerprint density at radius 2 is 1.72 bits per heavy atom. The first-order valence-corrected chi connectivity index (χ1v) is 9.26. The molecule has 2 aromatic carbocycles. The molecule has 0 unspecified atom stereocenters. The van der Waals surface area contributed by atoms with Crippen LogP contribution in [0.1, 0.15) is 18.4 Å². The second kappa shape index (κ2) is 8.98. The number of hydrogen-bond acceptors (Lipinski definition) is 3. The van der Waals surface area contributed by atoms with Gasteiger partial charge in [-0.05, 0) is 43.2 Å². The van der Waals surface area contributed by atoms with E-state index in [1.807, 2.05) is 18.2 Å². The third kappa shape index (κ3) is 5.73. The van der Waals surface area contributed by atoms with Gasteiger partial charge in [-0.1, -0.05) is 24.3 Å². The summed E-state index contributed by atoms with van der Waals surface area (Å²) in [6, 6.07) is 13.6. The van der Waals surface area contributed by atoms with E-state index in [1.165, 1.54) is 12.1 Å². The molecule has 5 nitrogen and oxygen atoms in total. The third-order valence-electron chi connectivity index (χ3n) is 4.78. The van der Waals surface area contributed by atoms with Crippen molar-refractivity contribution in [3.63, 3.8) is 0 Å². The van der Waals surface area contributed by atoms with Gasteiger partial charge in [0.25, 0.3) is 5.91 Å². The number of halogens is 3. The summed E-state index contributed by atoms with van der Waals surface area (Å²) in [6.45, 7) is 0.723. The van der Waals surface area contributed by atoms with E-state index in [4.69, 9.17) is 4.74 Å². The molecule has 1 aliphatic rings. The summed E-state index contributed by atoms with van der Waals surface area (Å²) in [6.07, 6.45) is -3.57. The van der Waals surface area contributed by atoms with Gasteiger partial charge < -0.3 is 15.0 Å². The number of rotatable bonds is 5. The second-order valence-corrected chi connectivity index (χ2v) is 6.82. The van der Waals surface area contributed by atoms with Gasteiger partial charge in [-0.2, -0.15) is 13.2 Å². The Morgan fingerprint density at radius 3 is 2.38 bits per heavy atom. The largest absolute Gasteiger partial charge is 0.484 e. The highest BCUT2D eigenvalue weighted by molar-refractivity contribution is 5.92. The second-order valence-electron chi connectivity index (χ2n) is 6.82. The Morgan fingerprint density at radius 1 is 1.03 bits per heavy atom. The molecule has 2 amide bonds. The van der Waals surface area contributed by atoms with Gasteiger partial charge in [0, 0.05) is 24.7 Å². The van der Waals surface area contributed by atoms with E-state index in [1.54, 1.807) is 17.0 Å². The molecular weight excluding hydrogens is 385 g/mol. The maximum Gasteiger partial charge on any atom is 0.416 e. The lowest BCUT2D eigenvalue weighted by Crippen LogP contribution is -2.43. The average molecular weight is 406 g/mol. The van der Waals surface area contributed by atoms with Crippen molar-refractivity contribution in [2.24, 2.45) is 5.92 Å². The standard InChI is InChI=1S/C21H21F3N2O3/c22-21(23,24)16-5-4-6-17(13-16)25-20(28)15-9-11-26(12-10-15)19(27)14-29-18-7-2-1-3-8-18/h1-8,13,15H,9-12,14H2,(H,25,28). The molecule has 0 saturated carbocycles. The number of alkyl halides is 3. The van der Waals surface area contributed by atoms with E-state index in [0.29, 0.717) is 31.7 Å². The molecule has 154 valence electrons. The number of ether oxygens (including phenoxy) is 1. The van der Waals surface area contributed by atoms with Crippen molar-refractivity contribution in [2.45, 2.75) is 19.0 Å². The summed E-state index contributed by atoms with van der Waals surface area (Å²) in [5, 5.41) is 2.55. The fourth-order valence-corrected chi connectivity index (χ4v) is 3.16. The number of nitrogens with one attached hydrogen (secondary N) is 1. The molecule has 3 rings (SSSR count). The highest BCUT2D eigenvalue weighted by atomic mass is 19.4. The SMILES string of the molecule is O=C(Nc1cccc(C(F)(F)F)c1)C1CCN(C(=O)COc2ccccc2)CC1. The molecule has 1 heterocycles. The number of piperidine rings is 1. The average Bonchev–Trinajstić information content (AvgIpc) is 2.72. The highest BCUT2D eigenvalue weighted by Crippen LogP contribution is 2.31. The Kier molecular flexibility index (Phi) is 6.41. The van der Waals surface area contributed by atoms with Gasteiger partial charge in [0.05, 0.1) is 5.56 Å². The monoisotopic (exact) mass is 406 g/mol. The molecule has 8 heteroatoms. The van der Waals surface area contributed by atoms with Crippen molar-refractivity contribution < 1.29 is 27.5 Å².